The molecule has 5 saturated heterocycles. The van der Waals surface area contributed by atoms with Gasteiger partial charge in [0.25, 0.3) is 0 Å². The normalized spacial score (nSPS) is 25.3. The van der Waals surface area contributed by atoms with Crippen LogP contribution in [0, 0.1) is 0 Å². The zero-order chi connectivity index (χ0) is 32.4. The number of rotatable bonds is 6. The molecular formula is C38H45N7O3. The number of anilines is 1. The number of likely N-dealkylation sites (tertiary alicyclic amines) is 1. The van der Waals surface area contributed by atoms with E-state index in [9.17, 15) is 9.90 Å². The molecule has 0 aliphatic carbocycles. The minimum absolute atomic E-state index is 0.0823. The first kappa shape index (κ1) is 29.9. The van der Waals surface area contributed by atoms with E-state index in [0.717, 1.165) is 110 Å². The van der Waals surface area contributed by atoms with E-state index in [0.29, 0.717) is 12.6 Å². The number of carbonyl (C=O) groups excluding carboxylic acids is 1. The van der Waals surface area contributed by atoms with Crippen LogP contribution >= 0.6 is 0 Å². The Bertz CT molecular complexity index is 1860. The molecule has 5 aliphatic heterocycles. The van der Waals surface area contributed by atoms with Gasteiger partial charge in [0.05, 0.1) is 23.1 Å². The zero-order valence-corrected chi connectivity index (χ0v) is 27.8. The summed E-state index contributed by atoms with van der Waals surface area (Å²) in [7, 11) is 2.12. The first-order valence-corrected chi connectivity index (χ1v) is 17.9. The van der Waals surface area contributed by atoms with Crippen LogP contribution in [0.15, 0.2) is 54.6 Å². The Morgan fingerprint density at radius 2 is 1.73 bits per heavy atom. The summed E-state index contributed by atoms with van der Waals surface area (Å²) in [5.74, 6) is 1.12. The fourth-order valence-corrected chi connectivity index (χ4v) is 9.47. The van der Waals surface area contributed by atoms with Crippen LogP contribution in [0.4, 0.5) is 10.6 Å². The van der Waals surface area contributed by atoms with Crippen LogP contribution in [0.3, 0.4) is 0 Å². The highest BCUT2D eigenvalue weighted by molar-refractivity contribution is 6.01. The summed E-state index contributed by atoms with van der Waals surface area (Å²) in [5, 5.41) is 17.0. The van der Waals surface area contributed by atoms with Gasteiger partial charge in [-0.15, -0.1) is 0 Å². The molecule has 2 amide bonds. The van der Waals surface area contributed by atoms with Gasteiger partial charge in [-0.1, -0.05) is 30.3 Å². The van der Waals surface area contributed by atoms with Gasteiger partial charge >= 0.3 is 12.0 Å². The van der Waals surface area contributed by atoms with Gasteiger partial charge in [0.1, 0.15) is 18.2 Å². The number of amides is 2. The van der Waals surface area contributed by atoms with Gasteiger partial charge in [0.15, 0.2) is 0 Å². The predicted octanol–water partition coefficient (Wildman–Crippen LogP) is 5.23. The highest BCUT2D eigenvalue weighted by Gasteiger charge is 2.46. The van der Waals surface area contributed by atoms with Crippen molar-refractivity contribution in [1.82, 2.24) is 30.0 Å². The van der Waals surface area contributed by atoms with Crippen molar-refractivity contribution >= 4 is 33.5 Å². The van der Waals surface area contributed by atoms with Gasteiger partial charge < -0.3 is 29.9 Å². The van der Waals surface area contributed by atoms with Crippen molar-refractivity contribution in [2.24, 2.45) is 0 Å². The van der Waals surface area contributed by atoms with Gasteiger partial charge in [-0.25, -0.2) is 4.79 Å². The van der Waals surface area contributed by atoms with Gasteiger partial charge in [0.2, 0.25) is 0 Å². The maximum Gasteiger partial charge on any atom is 0.319 e. The quantitative estimate of drug-likeness (QED) is 0.294. The number of hydrogen-bond donors (Lipinski definition) is 2. The summed E-state index contributed by atoms with van der Waals surface area (Å²) in [6.45, 7) is 6.30. The average molecular weight is 648 g/mol. The molecule has 0 radical (unpaired) electrons. The molecule has 1 aromatic heterocycles. The fourth-order valence-electron chi connectivity index (χ4n) is 9.47. The molecule has 10 heteroatoms. The van der Waals surface area contributed by atoms with Gasteiger partial charge in [-0.2, -0.15) is 9.97 Å². The maximum atomic E-state index is 13.5. The minimum atomic E-state index is 0.0823. The number of urea groups is 1. The Balaban J connectivity index is 1.06. The molecule has 0 spiro atoms. The average Bonchev–Trinajstić information content (AvgIpc) is 3.85. The van der Waals surface area contributed by atoms with E-state index in [-0.39, 0.29) is 35.4 Å². The first-order chi connectivity index (χ1) is 23.4. The summed E-state index contributed by atoms with van der Waals surface area (Å²) in [6, 6.07) is 19.1. The third-order valence-electron chi connectivity index (χ3n) is 11.8. The third kappa shape index (κ3) is 5.20. The van der Waals surface area contributed by atoms with E-state index < -0.39 is 0 Å². The number of likely N-dealkylation sites (N-methyl/N-ethyl adjacent to an activating group) is 1. The molecule has 2 bridgehead atoms. The number of aromatic nitrogens is 2. The third-order valence-corrected chi connectivity index (χ3v) is 11.8. The van der Waals surface area contributed by atoms with Gasteiger partial charge in [-0.3, -0.25) is 4.90 Å². The molecule has 5 aliphatic rings. The van der Waals surface area contributed by atoms with E-state index in [2.05, 4.69) is 56.2 Å². The zero-order valence-electron chi connectivity index (χ0n) is 27.8. The Hall–Kier alpha value is -4.15. The SMILES string of the molecule is CN1CC[C@@H](NC(=O)N2C3CCC2CN(c2nc(OCC45CCCN4CCC5)nc4cc(-c5cc(O)cc6ccccc56)ccc24)C3)C1. The lowest BCUT2D eigenvalue weighted by molar-refractivity contribution is 0.108. The van der Waals surface area contributed by atoms with Crippen molar-refractivity contribution in [2.75, 3.05) is 57.8 Å². The largest absolute Gasteiger partial charge is 0.508 e. The smallest absolute Gasteiger partial charge is 0.319 e. The van der Waals surface area contributed by atoms with Crippen LogP contribution in [0.2, 0.25) is 0 Å². The lowest BCUT2D eigenvalue weighted by Crippen LogP contribution is -2.59. The van der Waals surface area contributed by atoms with Crippen LogP contribution in [0.5, 0.6) is 11.8 Å². The molecule has 2 N–H and O–H groups in total. The molecule has 3 aromatic carbocycles. The monoisotopic (exact) mass is 647 g/mol. The molecule has 250 valence electrons. The lowest BCUT2D eigenvalue weighted by atomic mass is 9.95. The molecule has 5 fully saturated rings. The summed E-state index contributed by atoms with van der Waals surface area (Å²) >= 11 is 0. The molecule has 2 unspecified atom stereocenters. The fraction of sp³-hybridized carbons (Fsp3) is 0.500. The van der Waals surface area contributed by atoms with Crippen molar-refractivity contribution in [2.45, 2.75) is 68.6 Å². The number of piperazine rings is 1. The molecular weight excluding hydrogens is 602 g/mol. The summed E-state index contributed by atoms with van der Waals surface area (Å²) in [4.78, 5) is 33.1. The highest BCUT2D eigenvalue weighted by Crippen LogP contribution is 2.41. The Labute approximate surface area is 281 Å². The Morgan fingerprint density at radius 3 is 2.50 bits per heavy atom. The first-order valence-electron chi connectivity index (χ1n) is 17.9. The standard InChI is InChI=1S/C38H45N7O3/c1-42-17-12-27(21-42)39-37(47)45-28-9-10-29(45)23-43(22-28)35-32-11-8-26(33-20-30(46)18-25-6-2-3-7-31(25)33)19-34(32)40-36(41-35)48-24-38-13-4-15-44(38)16-5-14-38/h2-3,6-8,11,18-20,27-29,46H,4-5,9-10,12-17,21-24H2,1H3,(H,39,47)/t27-,28?,29?/m1/s1. The molecule has 10 nitrogen and oxygen atoms in total. The second kappa shape index (κ2) is 11.8. The molecule has 3 atom stereocenters. The number of nitrogens with zero attached hydrogens (tertiary/aromatic N) is 6. The molecule has 48 heavy (non-hydrogen) atoms. The number of ether oxygens (including phenoxy) is 1. The number of nitrogens with one attached hydrogen (secondary N) is 1. The predicted molar refractivity (Wildman–Crippen MR) is 188 cm³/mol. The Kier molecular flexibility index (Phi) is 7.34. The van der Waals surface area contributed by atoms with E-state index >= 15 is 0 Å². The maximum absolute atomic E-state index is 13.5. The van der Waals surface area contributed by atoms with Crippen molar-refractivity contribution in [3.05, 3.63) is 54.6 Å². The van der Waals surface area contributed by atoms with Crippen LogP contribution in [0.1, 0.15) is 44.9 Å². The number of phenolic OH excluding ortho intramolecular Hbond substituents is 1. The number of benzene rings is 3. The van der Waals surface area contributed by atoms with E-state index in [1.165, 1.54) is 12.8 Å². The number of phenols is 1. The van der Waals surface area contributed by atoms with Crippen molar-refractivity contribution in [3.8, 4) is 22.9 Å². The number of fused-ring (bicyclic) bond motifs is 5. The topological polar surface area (TPSA) is 97.3 Å². The molecule has 9 rings (SSSR count). The number of hydrogen-bond acceptors (Lipinski definition) is 8. The van der Waals surface area contributed by atoms with Crippen LogP contribution < -0.4 is 15.0 Å². The van der Waals surface area contributed by atoms with Crippen LogP contribution in [0.25, 0.3) is 32.8 Å². The molecule has 6 heterocycles. The van der Waals surface area contributed by atoms with E-state index in [1.54, 1.807) is 6.07 Å². The van der Waals surface area contributed by atoms with E-state index in [1.807, 2.05) is 24.3 Å². The molecule has 4 aromatic rings. The van der Waals surface area contributed by atoms with E-state index in [4.69, 9.17) is 14.7 Å². The van der Waals surface area contributed by atoms with Crippen molar-refractivity contribution in [3.63, 3.8) is 0 Å². The second-order valence-electron chi connectivity index (χ2n) is 14.9. The summed E-state index contributed by atoms with van der Waals surface area (Å²) in [5.41, 5.74) is 2.87. The van der Waals surface area contributed by atoms with Crippen LogP contribution in [-0.2, 0) is 0 Å². The van der Waals surface area contributed by atoms with Crippen molar-refractivity contribution < 1.29 is 14.6 Å². The minimum Gasteiger partial charge on any atom is -0.508 e. The summed E-state index contributed by atoms with van der Waals surface area (Å²) in [6.07, 6.45) is 7.75. The van der Waals surface area contributed by atoms with Crippen LogP contribution in [-0.4, -0.2) is 112 Å². The Morgan fingerprint density at radius 1 is 0.938 bits per heavy atom. The second-order valence-corrected chi connectivity index (χ2v) is 14.9. The highest BCUT2D eigenvalue weighted by atomic mass is 16.5. The number of aromatic hydroxyl groups is 1. The van der Waals surface area contributed by atoms with Gasteiger partial charge in [0, 0.05) is 31.1 Å². The molecule has 0 saturated carbocycles. The van der Waals surface area contributed by atoms with Crippen molar-refractivity contribution in [1.29, 1.82) is 0 Å². The summed E-state index contributed by atoms with van der Waals surface area (Å²) < 4.78 is 6.57. The number of carbonyl (C=O) groups is 1. The lowest BCUT2D eigenvalue weighted by Gasteiger charge is -2.42. The van der Waals surface area contributed by atoms with Gasteiger partial charge in [-0.05, 0) is 118 Å².